The van der Waals surface area contributed by atoms with Gasteiger partial charge in [-0.1, -0.05) is 24.3 Å². The van der Waals surface area contributed by atoms with Gasteiger partial charge in [-0.15, -0.1) is 0 Å². The summed E-state index contributed by atoms with van der Waals surface area (Å²) in [6, 6.07) is 16.0. The van der Waals surface area contributed by atoms with Crippen LogP contribution in [0.3, 0.4) is 0 Å². The highest BCUT2D eigenvalue weighted by molar-refractivity contribution is 5.81. The summed E-state index contributed by atoms with van der Waals surface area (Å²) in [5.74, 6) is -0.109. The minimum atomic E-state index is -0.270. The van der Waals surface area contributed by atoms with Crippen molar-refractivity contribution in [1.82, 2.24) is 9.88 Å². The molecule has 3 atom stereocenters. The molecule has 158 valence electrons. The molecule has 3 aromatic rings. The summed E-state index contributed by atoms with van der Waals surface area (Å²) < 4.78 is 14.4. The number of hydrogen-bond acceptors (Lipinski definition) is 4. The molecule has 5 nitrogen and oxygen atoms in total. The van der Waals surface area contributed by atoms with Crippen LogP contribution in [-0.4, -0.2) is 40.1 Å². The Balaban J connectivity index is 1.53. The van der Waals surface area contributed by atoms with Crippen LogP contribution < -0.4 is 5.32 Å². The molecule has 1 fully saturated rings. The first kappa shape index (κ1) is 19.7. The van der Waals surface area contributed by atoms with Crippen molar-refractivity contribution in [2.45, 2.75) is 24.9 Å². The van der Waals surface area contributed by atoms with Gasteiger partial charge in [-0.25, -0.2) is 4.39 Å². The molecule has 6 heteroatoms. The van der Waals surface area contributed by atoms with Gasteiger partial charge in [0.2, 0.25) is 5.91 Å². The molecule has 1 aromatic heterocycles. The number of aromatic nitrogens is 1. The average Bonchev–Trinajstić information content (AvgIpc) is 3.25. The second-order valence-corrected chi connectivity index (χ2v) is 8.23. The third-order valence-corrected chi connectivity index (χ3v) is 6.48. The third-order valence-electron chi connectivity index (χ3n) is 6.48. The van der Waals surface area contributed by atoms with E-state index in [1.807, 2.05) is 41.3 Å². The Labute approximate surface area is 180 Å². The summed E-state index contributed by atoms with van der Waals surface area (Å²) in [5.41, 5.74) is 4.13. The van der Waals surface area contributed by atoms with Gasteiger partial charge < -0.3 is 15.3 Å². The van der Waals surface area contributed by atoms with Crippen molar-refractivity contribution in [3.8, 4) is 11.1 Å². The minimum absolute atomic E-state index is 0.00204. The number of aliphatic hydroxyl groups is 1. The summed E-state index contributed by atoms with van der Waals surface area (Å²) in [6.45, 7) is 0.642. The predicted molar refractivity (Wildman–Crippen MR) is 117 cm³/mol. The Morgan fingerprint density at radius 1 is 1.16 bits per heavy atom. The van der Waals surface area contributed by atoms with Crippen LogP contribution in [0.1, 0.15) is 23.6 Å². The van der Waals surface area contributed by atoms with Gasteiger partial charge in [-0.3, -0.25) is 9.78 Å². The van der Waals surface area contributed by atoms with E-state index in [0.29, 0.717) is 18.5 Å². The topological polar surface area (TPSA) is 65.5 Å². The maximum Gasteiger partial charge on any atom is 0.227 e. The number of amides is 1. The molecule has 3 heterocycles. The first-order valence-corrected chi connectivity index (χ1v) is 10.6. The molecule has 5 rings (SSSR count). The zero-order valence-electron chi connectivity index (χ0n) is 17.0. The number of nitrogens with one attached hydrogen (secondary N) is 1. The average molecular weight is 417 g/mol. The first-order chi connectivity index (χ1) is 15.2. The zero-order valence-corrected chi connectivity index (χ0v) is 17.0. The monoisotopic (exact) mass is 417 g/mol. The molecule has 2 aliphatic rings. The van der Waals surface area contributed by atoms with Crippen molar-refractivity contribution in [2.24, 2.45) is 5.92 Å². The SMILES string of the molecule is O=C(Cc1ccncc1)N1CC[C@@H]2[C@H](CO)Nc3ccc(-c4ccccc4F)cc3[C@@H]21. The highest BCUT2D eigenvalue weighted by atomic mass is 19.1. The van der Waals surface area contributed by atoms with Gasteiger partial charge in [0.15, 0.2) is 0 Å². The van der Waals surface area contributed by atoms with E-state index in [-0.39, 0.29) is 36.3 Å². The molecule has 0 aliphatic carbocycles. The van der Waals surface area contributed by atoms with Crippen LogP contribution in [-0.2, 0) is 11.2 Å². The molecule has 1 saturated heterocycles. The van der Waals surface area contributed by atoms with E-state index in [2.05, 4.69) is 10.3 Å². The number of anilines is 1. The van der Waals surface area contributed by atoms with Gasteiger partial charge in [0, 0.05) is 36.1 Å². The van der Waals surface area contributed by atoms with Gasteiger partial charge in [-0.05, 0) is 53.4 Å². The highest BCUT2D eigenvalue weighted by Gasteiger charge is 2.45. The lowest BCUT2D eigenvalue weighted by molar-refractivity contribution is -0.131. The van der Waals surface area contributed by atoms with Crippen molar-refractivity contribution < 1.29 is 14.3 Å². The van der Waals surface area contributed by atoms with Crippen molar-refractivity contribution in [3.63, 3.8) is 0 Å². The predicted octanol–water partition coefficient (Wildman–Crippen LogP) is 3.81. The summed E-state index contributed by atoms with van der Waals surface area (Å²) in [4.78, 5) is 19.2. The summed E-state index contributed by atoms with van der Waals surface area (Å²) in [7, 11) is 0. The lowest BCUT2D eigenvalue weighted by Crippen LogP contribution is -2.43. The zero-order chi connectivity index (χ0) is 21.4. The molecule has 1 amide bonds. The molecular formula is C25H24FN3O2. The fourth-order valence-corrected chi connectivity index (χ4v) is 4.98. The van der Waals surface area contributed by atoms with Crippen LogP contribution in [0.4, 0.5) is 10.1 Å². The van der Waals surface area contributed by atoms with Crippen LogP contribution >= 0.6 is 0 Å². The lowest BCUT2D eigenvalue weighted by atomic mass is 9.82. The van der Waals surface area contributed by atoms with Gasteiger partial charge in [0.1, 0.15) is 5.82 Å². The number of rotatable bonds is 4. The van der Waals surface area contributed by atoms with E-state index in [1.165, 1.54) is 6.07 Å². The number of benzene rings is 2. The number of likely N-dealkylation sites (tertiary alicyclic amines) is 1. The first-order valence-electron chi connectivity index (χ1n) is 10.6. The van der Waals surface area contributed by atoms with E-state index in [4.69, 9.17) is 0 Å². The largest absolute Gasteiger partial charge is 0.394 e. The van der Waals surface area contributed by atoms with Crippen molar-refractivity contribution in [3.05, 3.63) is 83.9 Å². The van der Waals surface area contributed by atoms with E-state index in [9.17, 15) is 14.3 Å². The second-order valence-electron chi connectivity index (χ2n) is 8.23. The van der Waals surface area contributed by atoms with E-state index in [0.717, 1.165) is 28.8 Å². The number of pyridine rings is 1. The number of halogens is 1. The van der Waals surface area contributed by atoms with Crippen LogP contribution in [0.25, 0.3) is 11.1 Å². The Morgan fingerprint density at radius 3 is 2.74 bits per heavy atom. The molecule has 0 unspecified atom stereocenters. The molecule has 0 spiro atoms. The second kappa shape index (κ2) is 8.12. The number of hydrogen-bond donors (Lipinski definition) is 2. The molecule has 2 N–H and O–H groups in total. The van der Waals surface area contributed by atoms with Crippen molar-refractivity contribution in [1.29, 1.82) is 0 Å². The Hall–Kier alpha value is -3.25. The number of aliphatic hydroxyl groups excluding tert-OH is 1. The molecule has 2 aromatic carbocycles. The Kier molecular flexibility index (Phi) is 5.16. The number of fused-ring (bicyclic) bond motifs is 3. The van der Waals surface area contributed by atoms with Crippen LogP contribution in [0.15, 0.2) is 67.0 Å². The fraction of sp³-hybridized carbons (Fsp3) is 0.280. The van der Waals surface area contributed by atoms with Gasteiger partial charge in [0.05, 0.1) is 25.1 Å². The molecule has 0 radical (unpaired) electrons. The molecular weight excluding hydrogens is 393 g/mol. The molecule has 31 heavy (non-hydrogen) atoms. The number of carbonyl (C=O) groups is 1. The van der Waals surface area contributed by atoms with E-state index in [1.54, 1.807) is 24.5 Å². The summed E-state index contributed by atoms with van der Waals surface area (Å²) in [5, 5.41) is 13.4. The van der Waals surface area contributed by atoms with E-state index >= 15 is 0 Å². The lowest BCUT2D eigenvalue weighted by Gasteiger charge is -2.39. The van der Waals surface area contributed by atoms with Gasteiger partial charge >= 0.3 is 0 Å². The third kappa shape index (κ3) is 3.57. The quantitative estimate of drug-likeness (QED) is 0.678. The number of nitrogens with zero attached hydrogens (tertiary/aromatic N) is 2. The Morgan fingerprint density at radius 2 is 1.97 bits per heavy atom. The molecule has 2 aliphatic heterocycles. The summed E-state index contributed by atoms with van der Waals surface area (Å²) in [6.07, 6.45) is 4.51. The van der Waals surface area contributed by atoms with Gasteiger partial charge in [-0.2, -0.15) is 0 Å². The maximum absolute atomic E-state index is 14.4. The van der Waals surface area contributed by atoms with Crippen LogP contribution in [0.5, 0.6) is 0 Å². The highest BCUT2D eigenvalue weighted by Crippen LogP contribution is 2.47. The number of carbonyl (C=O) groups excluding carboxylic acids is 1. The van der Waals surface area contributed by atoms with Gasteiger partial charge in [0.25, 0.3) is 0 Å². The Bertz CT molecular complexity index is 1100. The van der Waals surface area contributed by atoms with E-state index < -0.39 is 0 Å². The molecule has 0 bridgehead atoms. The van der Waals surface area contributed by atoms with Crippen molar-refractivity contribution >= 4 is 11.6 Å². The smallest absolute Gasteiger partial charge is 0.227 e. The van der Waals surface area contributed by atoms with Crippen LogP contribution in [0, 0.1) is 11.7 Å². The fourth-order valence-electron chi connectivity index (χ4n) is 4.98. The molecule has 0 saturated carbocycles. The normalized spacial score (nSPS) is 21.9. The standard InChI is InChI=1S/C25H24FN3O2/c26-21-4-2-1-3-18(21)17-5-6-22-20(14-17)25-19(23(15-30)28-22)9-12-29(25)24(31)13-16-7-10-27-11-8-16/h1-8,10-11,14,19,23,25,28,30H,9,12-13,15H2/t19-,23+,25-/m1/s1. The van der Waals surface area contributed by atoms with Crippen LogP contribution in [0.2, 0.25) is 0 Å². The van der Waals surface area contributed by atoms with Crippen molar-refractivity contribution in [2.75, 3.05) is 18.5 Å². The minimum Gasteiger partial charge on any atom is -0.394 e. The summed E-state index contributed by atoms with van der Waals surface area (Å²) >= 11 is 0. The maximum atomic E-state index is 14.4.